The summed E-state index contributed by atoms with van der Waals surface area (Å²) in [7, 11) is 0. The molecule has 5 rings (SSSR count). The summed E-state index contributed by atoms with van der Waals surface area (Å²) in [4.78, 5) is 0. The fraction of sp³-hybridized carbons (Fsp3) is 0.750. The first-order valence-corrected chi connectivity index (χ1v) is 7.90. The van der Waals surface area contributed by atoms with Crippen molar-refractivity contribution in [2.24, 2.45) is 28.9 Å². The largest absolute Gasteiger partial charge is 0.476 e. The van der Waals surface area contributed by atoms with Gasteiger partial charge in [-0.2, -0.15) is 5.10 Å². The second kappa shape index (κ2) is 4.69. The van der Waals surface area contributed by atoms with Gasteiger partial charge in [-0.05, 0) is 62.3 Å². The molecule has 1 heterocycles. The summed E-state index contributed by atoms with van der Waals surface area (Å²) in [6.07, 6.45) is 8.53. The summed E-state index contributed by atoms with van der Waals surface area (Å²) >= 11 is 0. The van der Waals surface area contributed by atoms with Crippen LogP contribution in [0.5, 0.6) is 5.88 Å². The topological polar surface area (TPSA) is 61.0 Å². The first-order chi connectivity index (χ1) is 9.75. The van der Waals surface area contributed by atoms with E-state index < -0.39 is 0 Å². The molecular weight excluding hydrogens is 250 g/mol. The van der Waals surface area contributed by atoms with Crippen molar-refractivity contribution < 1.29 is 4.74 Å². The molecule has 0 aromatic carbocycles. The quantitative estimate of drug-likeness (QED) is 0.915. The molecule has 0 unspecified atom stereocenters. The number of nitrogens with two attached hydrogens (primary N) is 1. The Morgan fingerprint density at radius 2 is 1.70 bits per heavy atom. The number of nitrogens with zero attached hydrogens (tertiary/aromatic N) is 2. The second-order valence-corrected chi connectivity index (χ2v) is 7.27. The van der Waals surface area contributed by atoms with Crippen LogP contribution >= 0.6 is 0 Å². The average Bonchev–Trinajstić information content (AvgIpc) is 2.44. The van der Waals surface area contributed by atoms with Gasteiger partial charge in [0, 0.05) is 18.0 Å². The molecule has 0 amide bonds. The Hall–Kier alpha value is -1.16. The predicted octanol–water partition coefficient (Wildman–Crippen LogP) is 2.53. The third-order valence-electron chi connectivity index (χ3n) is 5.60. The number of hydrogen-bond donors (Lipinski definition) is 1. The van der Waals surface area contributed by atoms with Gasteiger partial charge in [0.15, 0.2) is 0 Å². The maximum Gasteiger partial charge on any atom is 0.233 e. The molecule has 0 aliphatic heterocycles. The van der Waals surface area contributed by atoms with Gasteiger partial charge in [0.1, 0.15) is 0 Å². The molecule has 4 fully saturated rings. The third kappa shape index (κ3) is 2.20. The van der Waals surface area contributed by atoms with E-state index in [2.05, 4.69) is 10.2 Å². The highest BCUT2D eigenvalue weighted by atomic mass is 16.5. The predicted molar refractivity (Wildman–Crippen MR) is 76.0 cm³/mol. The van der Waals surface area contributed by atoms with Gasteiger partial charge in [0.05, 0.1) is 12.3 Å². The van der Waals surface area contributed by atoms with Crippen LogP contribution in [0.2, 0.25) is 0 Å². The van der Waals surface area contributed by atoms with Gasteiger partial charge in [-0.25, -0.2) is 0 Å². The molecule has 20 heavy (non-hydrogen) atoms. The molecule has 1 aromatic rings. The molecule has 0 radical (unpaired) electrons. The van der Waals surface area contributed by atoms with Crippen molar-refractivity contribution in [3.05, 3.63) is 17.8 Å². The lowest BCUT2D eigenvalue weighted by Gasteiger charge is -2.56. The highest BCUT2D eigenvalue weighted by Gasteiger charge is 2.51. The van der Waals surface area contributed by atoms with Gasteiger partial charge >= 0.3 is 0 Å². The van der Waals surface area contributed by atoms with E-state index in [1.165, 1.54) is 38.5 Å². The Bertz CT molecular complexity index is 450. The molecule has 4 nitrogen and oxygen atoms in total. The Labute approximate surface area is 120 Å². The van der Waals surface area contributed by atoms with Crippen LogP contribution in [0.3, 0.4) is 0 Å². The Morgan fingerprint density at radius 1 is 1.05 bits per heavy atom. The average molecular weight is 273 g/mol. The summed E-state index contributed by atoms with van der Waals surface area (Å²) in [5.74, 6) is 3.56. The van der Waals surface area contributed by atoms with E-state index in [0.29, 0.717) is 17.8 Å². The van der Waals surface area contributed by atoms with Crippen molar-refractivity contribution in [2.75, 3.05) is 6.61 Å². The number of rotatable bonds is 4. The summed E-state index contributed by atoms with van der Waals surface area (Å²) in [5.41, 5.74) is 6.78. The molecule has 0 atom stereocenters. The van der Waals surface area contributed by atoms with Gasteiger partial charge in [-0.3, -0.25) is 0 Å². The molecule has 0 spiro atoms. The van der Waals surface area contributed by atoms with Gasteiger partial charge in [-0.15, -0.1) is 5.10 Å². The van der Waals surface area contributed by atoms with Gasteiger partial charge in [0.2, 0.25) is 5.88 Å². The van der Waals surface area contributed by atoms with Gasteiger partial charge < -0.3 is 10.5 Å². The molecule has 0 saturated heterocycles. The lowest BCUT2D eigenvalue weighted by atomic mass is 9.50. The SMILES string of the molecule is NCc1ccc(OCC23CC4CC(CC(C4)C2)C3)nn1. The van der Waals surface area contributed by atoms with Gasteiger partial charge in [0.25, 0.3) is 0 Å². The Morgan fingerprint density at radius 3 is 2.20 bits per heavy atom. The standard InChI is InChI=1S/C16H23N3O/c17-9-14-1-2-15(19-18-14)20-10-16-6-11-3-12(7-16)5-13(4-11)8-16/h1-2,11-13H,3-10,17H2. The smallest absolute Gasteiger partial charge is 0.233 e. The van der Waals surface area contributed by atoms with Crippen LogP contribution in [0.1, 0.15) is 44.2 Å². The summed E-state index contributed by atoms with van der Waals surface area (Å²) < 4.78 is 5.98. The first-order valence-electron chi connectivity index (χ1n) is 7.90. The fourth-order valence-corrected chi connectivity index (χ4v) is 5.23. The molecule has 4 heteroatoms. The molecule has 1 aromatic heterocycles. The lowest BCUT2D eigenvalue weighted by Crippen LogP contribution is -2.48. The summed E-state index contributed by atoms with van der Waals surface area (Å²) in [6.45, 7) is 1.26. The normalized spacial score (nSPS) is 38.1. The van der Waals surface area contributed by atoms with Crippen molar-refractivity contribution >= 4 is 0 Å². The van der Waals surface area contributed by atoms with Crippen LogP contribution in [-0.2, 0) is 6.54 Å². The van der Waals surface area contributed by atoms with Crippen LogP contribution in [0.15, 0.2) is 12.1 Å². The van der Waals surface area contributed by atoms with Crippen LogP contribution in [0, 0.1) is 23.2 Å². The van der Waals surface area contributed by atoms with E-state index in [-0.39, 0.29) is 0 Å². The fourth-order valence-electron chi connectivity index (χ4n) is 5.23. The molecule has 4 aliphatic carbocycles. The van der Waals surface area contributed by atoms with E-state index >= 15 is 0 Å². The molecule has 4 bridgehead atoms. The third-order valence-corrected chi connectivity index (χ3v) is 5.60. The molecule has 4 saturated carbocycles. The Balaban J connectivity index is 1.43. The lowest BCUT2D eigenvalue weighted by molar-refractivity contribution is -0.0752. The van der Waals surface area contributed by atoms with Crippen LogP contribution in [-0.4, -0.2) is 16.8 Å². The van der Waals surface area contributed by atoms with Crippen LogP contribution in [0.4, 0.5) is 0 Å². The molecule has 108 valence electrons. The van der Waals surface area contributed by atoms with Crippen molar-refractivity contribution in [1.29, 1.82) is 0 Å². The van der Waals surface area contributed by atoms with Gasteiger partial charge in [-0.1, -0.05) is 0 Å². The zero-order valence-electron chi connectivity index (χ0n) is 11.9. The van der Waals surface area contributed by atoms with Crippen molar-refractivity contribution in [2.45, 2.75) is 45.1 Å². The minimum atomic E-state index is 0.433. The van der Waals surface area contributed by atoms with Crippen LogP contribution in [0.25, 0.3) is 0 Å². The van der Waals surface area contributed by atoms with E-state index in [1.54, 1.807) is 0 Å². The molecule has 2 N–H and O–H groups in total. The van der Waals surface area contributed by atoms with E-state index in [9.17, 15) is 0 Å². The Kier molecular flexibility index (Phi) is 2.95. The minimum Gasteiger partial charge on any atom is -0.476 e. The molecule has 4 aliphatic rings. The van der Waals surface area contributed by atoms with E-state index in [4.69, 9.17) is 10.5 Å². The highest BCUT2D eigenvalue weighted by molar-refractivity contribution is 5.12. The number of hydrogen-bond acceptors (Lipinski definition) is 4. The summed E-state index contributed by atoms with van der Waals surface area (Å²) in [6, 6.07) is 3.80. The zero-order valence-corrected chi connectivity index (χ0v) is 11.9. The van der Waals surface area contributed by atoms with Crippen molar-refractivity contribution in [1.82, 2.24) is 10.2 Å². The van der Waals surface area contributed by atoms with E-state index in [0.717, 1.165) is 30.1 Å². The number of aromatic nitrogens is 2. The number of ether oxygens (including phenoxy) is 1. The van der Waals surface area contributed by atoms with E-state index in [1.807, 2.05) is 12.1 Å². The maximum absolute atomic E-state index is 5.98. The van der Waals surface area contributed by atoms with Crippen molar-refractivity contribution in [3.8, 4) is 5.88 Å². The highest BCUT2D eigenvalue weighted by Crippen LogP contribution is 2.59. The molecular formula is C16H23N3O. The zero-order chi connectivity index (χ0) is 13.6. The minimum absolute atomic E-state index is 0.433. The first kappa shape index (κ1) is 12.6. The second-order valence-electron chi connectivity index (χ2n) is 7.27. The summed E-state index contributed by atoms with van der Waals surface area (Å²) in [5, 5.41) is 8.18. The van der Waals surface area contributed by atoms with Crippen molar-refractivity contribution in [3.63, 3.8) is 0 Å². The monoisotopic (exact) mass is 273 g/mol. The maximum atomic E-state index is 5.98. The van der Waals surface area contributed by atoms with Crippen LogP contribution < -0.4 is 10.5 Å².